The molecule has 0 saturated heterocycles. The third-order valence-electron chi connectivity index (χ3n) is 4.16. The highest BCUT2D eigenvalue weighted by Crippen LogP contribution is 2.33. The predicted octanol–water partition coefficient (Wildman–Crippen LogP) is 3.71. The molecule has 154 valence electrons. The van der Waals surface area contributed by atoms with Crippen LogP contribution in [-0.2, 0) is 7.05 Å². The van der Waals surface area contributed by atoms with Crippen LogP contribution in [0, 0.1) is 0 Å². The molecule has 0 saturated carbocycles. The monoisotopic (exact) mass is 426 g/mol. The number of ether oxygens (including phenoxy) is 2. The summed E-state index contributed by atoms with van der Waals surface area (Å²) < 4.78 is 13.1. The van der Waals surface area contributed by atoms with E-state index in [9.17, 15) is 0 Å². The van der Waals surface area contributed by atoms with Gasteiger partial charge in [-0.1, -0.05) is 11.6 Å². The molecular weight excluding hydrogens is 408 g/mol. The van der Waals surface area contributed by atoms with Gasteiger partial charge in [0.2, 0.25) is 5.88 Å². The van der Waals surface area contributed by atoms with Crippen LogP contribution in [-0.4, -0.2) is 42.5 Å². The van der Waals surface area contributed by atoms with Gasteiger partial charge in [-0.05, 0) is 25.1 Å². The Morgan fingerprint density at radius 1 is 1.17 bits per heavy atom. The lowest BCUT2D eigenvalue weighted by atomic mass is 10.2. The number of aromatic nitrogens is 5. The fourth-order valence-electron chi connectivity index (χ4n) is 2.73. The lowest BCUT2D eigenvalue weighted by Gasteiger charge is -2.13. The van der Waals surface area contributed by atoms with E-state index in [-0.39, 0.29) is 23.6 Å². The highest BCUT2D eigenvalue weighted by Gasteiger charge is 2.12. The molecule has 3 heterocycles. The maximum Gasteiger partial charge on any atom is 0.238 e. The summed E-state index contributed by atoms with van der Waals surface area (Å²) >= 11 is 6.29. The first kappa shape index (κ1) is 19.9. The summed E-state index contributed by atoms with van der Waals surface area (Å²) in [5.41, 5.74) is 0.747. The van der Waals surface area contributed by atoms with Crippen LogP contribution in [0.5, 0.6) is 17.4 Å². The quantitative estimate of drug-likeness (QED) is 0.460. The summed E-state index contributed by atoms with van der Waals surface area (Å²) in [5.74, 6) is 2.47. The molecule has 4 aromatic rings. The first-order chi connectivity index (χ1) is 14.5. The molecular formula is C20H19ClN6O3. The Labute approximate surface area is 177 Å². The summed E-state index contributed by atoms with van der Waals surface area (Å²) in [6.45, 7) is 1.63. The second kappa shape index (κ2) is 8.52. The number of aryl methyl sites for hydroxylation is 1. The van der Waals surface area contributed by atoms with Crippen LogP contribution in [0.2, 0.25) is 5.02 Å². The van der Waals surface area contributed by atoms with Crippen LogP contribution >= 0.6 is 11.6 Å². The number of rotatable bonds is 7. The van der Waals surface area contributed by atoms with Crippen molar-refractivity contribution in [2.45, 2.75) is 13.0 Å². The topological polar surface area (TPSA) is 107 Å². The summed E-state index contributed by atoms with van der Waals surface area (Å²) in [6.07, 6.45) is 4.45. The number of aliphatic hydroxyl groups excluding tert-OH is 1. The van der Waals surface area contributed by atoms with Crippen LogP contribution in [0.1, 0.15) is 6.92 Å². The van der Waals surface area contributed by atoms with Crippen LogP contribution < -0.4 is 14.8 Å². The predicted molar refractivity (Wildman–Crippen MR) is 113 cm³/mol. The molecule has 10 heteroatoms. The molecule has 4 rings (SSSR count). The molecule has 30 heavy (non-hydrogen) atoms. The standard InChI is InChI=1S/C20H19ClN6O3/c1-12(10-28)29-14-8-16(21)20(22-9-14)30-13-3-4-17-15(7-13)19(24-11-23-17)25-18-5-6-27(2)26-18/h3-9,11-12,28H,10H2,1-2H3,(H,23,24,25,26). The van der Waals surface area contributed by atoms with Gasteiger partial charge in [0.1, 0.15) is 34.8 Å². The first-order valence-corrected chi connectivity index (χ1v) is 9.52. The number of nitrogens with one attached hydrogen (secondary N) is 1. The minimum absolute atomic E-state index is 0.107. The van der Waals surface area contributed by atoms with Gasteiger partial charge in [0, 0.05) is 30.8 Å². The van der Waals surface area contributed by atoms with Crippen molar-refractivity contribution < 1.29 is 14.6 Å². The maximum atomic E-state index is 9.09. The van der Waals surface area contributed by atoms with E-state index in [0.717, 1.165) is 10.9 Å². The minimum Gasteiger partial charge on any atom is -0.487 e. The number of fused-ring (bicyclic) bond motifs is 1. The van der Waals surface area contributed by atoms with Gasteiger partial charge >= 0.3 is 0 Å². The number of halogens is 1. The molecule has 9 nitrogen and oxygen atoms in total. The Morgan fingerprint density at radius 3 is 2.77 bits per heavy atom. The van der Waals surface area contributed by atoms with Crippen molar-refractivity contribution in [1.82, 2.24) is 24.7 Å². The zero-order valence-corrected chi connectivity index (χ0v) is 17.0. The van der Waals surface area contributed by atoms with E-state index in [4.69, 9.17) is 26.2 Å². The van der Waals surface area contributed by atoms with Crippen molar-refractivity contribution in [3.05, 3.63) is 54.1 Å². The molecule has 1 unspecified atom stereocenters. The van der Waals surface area contributed by atoms with Gasteiger partial charge in [-0.2, -0.15) is 5.10 Å². The Kier molecular flexibility index (Phi) is 5.64. The van der Waals surface area contributed by atoms with E-state index in [2.05, 4.69) is 25.4 Å². The summed E-state index contributed by atoms with van der Waals surface area (Å²) in [5, 5.41) is 17.6. The molecule has 0 amide bonds. The fourth-order valence-corrected chi connectivity index (χ4v) is 2.93. The van der Waals surface area contributed by atoms with Gasteiger partial charge in [-0.15, -0.1) is 0 Å². The summed E-state index contributed by atoms with van der Waals surface area (Å²) in [4.78, 5) is 12.8. The molecule has 0 bridgehead atoms. The number of benzene rings is 1. The van der Waals surface area contributed by atoms with Gasteiger partial charge < -0.3 is 19.9 Å². The largest absolute Gasteiger partial charge is 0.487 e. The van der Waals surface area contributed by atoms with E-state index in [1.807, 2.05) is 25.4 Å². The molecule has 0 aliphatic rings. The van der Waals surface area contributed by atoms with Crippen LogP contribution in [0.3, 0.4) is 0 Å². The Balaban J connectivity index is 1.60. The maximum absolute atomic E-state index is 9.09. The average molecular weight is 427 g/mol. The lowest BCUT2D eigenvalue weighted by molar-refractivity contribution is 0.129. The van der Waals surface area contributed by atoms with Crippen molar-refractivity contribution in [3.8, 4) is 17.4 Å². The summed E-state index contributed by atoms with van der Waals surface area (Å²) in [7, 11) is 1.84. The third-order valence-corrected chi connectivity index (χ3v) is 4.43. The van der Waals surface area contributed by atoms with E-state index in [1.54, 1.807) is 29.8 Å². The number of aliphatic hydroxyl groups is 1. The fraction of sp³-hybridized carbons (Fsp3) is 0.200. The summed E-state index contributed by atoms with van der Waals surface area (Å²) in [6, 6.07) is 8.84. The van der Waals surface area contributed by atoms with Crippen molar-refractivity contribution in [3.63, 3.8) is 0 Å². The van der Waals surface area contributed by atoms with Gasteiger partial charge in [0.15, 0.2) is 5.82 Å². The molecule has 0 fully saturated rings. The van der Waals surface area contributed by atoms with Crippen LogP contribution in [0.25, 0.3) is 10.9 Å². The van der Waals surface area contributed by atoms with Crippen molar-refractivity contribution in [2.24, 2.45) is 7.05 Å². The van der Waals surface area contributed by atoms with E-state index in [0.29, 0.717) is 23.1 Å². The zero-order valence-electron chi connectivity index (χ0n) is 16.3. The van der Waals surface area contributed by atoms with Crippen LogP contribution in [0.15, 0.2) is 49.1 Å². The van der Waals surface area contributed by atoms with Gasteiger partial charge in [-0.25, -0.2) is 15.0 Å². The highest BCUT2D eigenvalue weighted by atomic mass is 35.5. The van der Waals surface area contributed by atoms with E-state index < -0.39 is 0 Å². The molecule has 1 atom stereocenters. The van der Waals surface area contributed by atoms with Crippen molar-refractivity contribution in [1.29, 1.82) is 0 Å². The van der Waals surface area contributed by atoms with E-state index in [1.165, 1.54) is 12.5 Å². The lowest BCUT2D eigenvalue weighted by Crippen LogP contribution is -2.16. The SMILES string of the molecule is CC(CO)Oc1cnc(Oc2ccc3ncnc(Nc4ccn(C)n4)c3c2)c(Cl)c1. The van der Waals surface area contributed by atoms with Crippen LogP contribution in [0.4, 0.5) is 11.6 Å². The number of anilines is 2. The Bertz CT molecular complexity index is 1180. The average Bonchev–Trinajstić information content (AvgIpc) is 3.15. The third kappa shape index (κ3) is 4.42. The second-order valence-electron chi connectivity index (χ2n) is 6.57. The van der Waals surface area contributed by atoms with Gasteiger partial charge in [0.25, 0.3) is 0 Å². The van der Waals surface area contributed by atoms with Crippen molar-refractivity contribution in [2.75, 3.05) is 11.9 Å². The second-order valence-corrected chi connectivity index (χ2v) is 6.98. The molecule has 0 aliphatic carbocycles. The highest BCUT2D eigenvalue weighted by molar-refractivity contribution is 6.32. The van der Waals surface area contributed by atoms with Gasteiger partial charge in [0.05, 0.1) is 18.3 Å². The van der Waals surface area contributed by atoms with E-state index >= 15 is 0 Å². The van der Waals surface area contributed by atoms with Gasteiger partial charge in [-0.3, -0.25) is 4.68 Å². The minimum atomic E-state index is -0.361. The number of nitrogens with zero attached hydrogens (tertiary/aromatic N) is 5. The molecule has 0 aliphatic heterocycles. The zero-order chi connectivity index (χ0) is 21.1. The Morgan fingerprint density at radius 2 is 2.03 bits per heavy atom. The smallest absolute Gasteiger partial charge is 0.238 e. The molecule has 0 radical (unpaired) electrons. The first-order valence-electron chi connectivity index (χ1n) is 9.14. The Hall–Kier alpha value is -3.43. The molecule has 3 aromatic heterocycles. The number of hydrogen-bond donors (Lipinski definition) is 2. The normalized spacial score (nSPS) is 12.0. The molecule has 1 aromatic carbocycles. The van der Waals surface area contributed by atoms with Crippen molar-refractivity contribution >= 4 is 34.1 Å². The molecule has 2 N–H and O–H groups in total. The number of hydrogen-bond acceptors (Lipinski definition) is 8. The number of pyridine rings is 1. The molecule has 0 spiro atoms.